The summed E-state index contributed by atoms with van der Waals surface area (Å²) in [5, 5.41) is 30.7. The quantitative estimate of drug-likeness (QED) is 0.0707. The number of nitrogens with zero attached hydrogens (tertiary/aromatic N) is 9. The van der Waals surface area contributed by atoms with Gasteiger partial charge in [0.1, 0.15) is 30.0 Å². The molecule has 0 bridgehead atoms. The van der Waals surface area contributed by atoms with Crippen LogP contribution in [0.5, 0.6) is 0 Å². The second-order valence-electron chi connectivity index (χ2n) is 13.0. The Morgan fingerprint density at radius 1 is 0.529 bits per heavy atom. The number of hydrogen-bond donors (Lipinski definition) is 1. The lowest BCUT2D eigenvalue weighted by Gasteiger charge is -2.13. The molecule has 70 heavy (non-hydrogen) atoms. The lowest BCUT2D eigenvalue weighted by molar-refractivity contribution is -0.385. The number of rotatable bonds is 9. The lowest BCUT2D eigenvalue weighted by Crippen LogP contribution is -2.18. The van der Waals surface area contributed by atoms with Crippen LogP contribution in [0.25, 0.3) is 0 Å². The van der Waals surface area contributed by atoms with Crippen LogP contribution in [-0.2, 0) is 17.8 Å². The first-order valence-electron chi connectivity index (χ1n) is 18.5. The molecule has 3 fully saturated rings. The van der Waals surface area contributed by atoms with E-state index in [2.05, 4.69) is 34.5 Å². The number of hydrogen-bond acceptors (Lipinski definition) is 16. The van der Waals surface area contributed by atoms with Crippen LogP contribution in [0.2, 0.25) is 0 Å². The van der Waals surface area contributed by atoms with Crippen molar-refractivity contribution in [2.45, 2.75) is 167 Å². The third-order valence-electron chi connectivity index (χ3n) is 8.74. The van der Waals surface area contributed by atoms with Crippen molar-refractivity contribution in [2.24, 2.45) is 0 Å². The molecule has 0 unspecified atom stereocenters. The minimum Gasteiger partial charge on any atom is -0.464 e. The van der Waals surface area contributed by atoms with Gasteiger partial charge in [-0.1, -0.05) is 129 Å². The number of nitro groups is 3. The Morgan fingerprint density at radius 3 is 1.14 bits per heavy atom. The van der Waals surface area contributed by atoms with Gasteiger partial charge in [-0.2, -0.15) is 0 Å². The molecule has 0 aromatic carbocycles. The van der Waals surface area contributed by atoms with Gasteiger partial charge in [0.05, 0.1) is 45.2 Å². The van der Waals surface area contributed by atoms with Crippen molar-refractivity contribution in [1.29, 1.82) is 0 Å². The Labute approximate surface area is 425 Å². The molecule has 0 radical (unpaired) electrons. The van der Waals surface area contributed by atoms with Crippen molar-refractivity contribution in [2.75, 3.05) is 39.0 Å². The Balaban J connectivity index is -0.0000000674. The number of carbonyl (C=O) groups is 2. The Morgan fingerprint density at radius 2 is 0.871 bits per heavy atom. The number of anilines is 1. The maximum Gasteiger partial charge on any atom is 0.356 e. The molecule has 19 heteroatoms. The molecule has 1 aliphatic carbocycles. The third-order valence-corrected chi connectivity index (χ3v) is 8.74. The van der Waals surface area contributed by atoms with Crippen molar-refractivity contribution < 1.29 is 29.1 Å². The normalized spacial score (nSPS) is 11.8. The fraction of sp³-hybridized carbons (Fsp3) is 0.569. The van der Waals surface area contributed by atoms with Gasteiger partial charge in [0, 0.05) is 31.3 Å². The van der Waals surface area contributed by atoms with Gasteiger partial charge in [0.15, 0.2) is 6.29 Å². The second-order valence-corrected chi connectivity index (χ2v) is 13.0. The molecule has 4 aromatic rings. The van der Waals surface area contributed by atoms with Gasteiger partial charge in [0.25, 0.3) is 17.1 Å². The summed E-state index contributed by atoms with van der Waals surface area (Å²) in [6.07, 6.45) is 18.3. The molecule has 2 aliphatic heterocycles. The molecule has 0 atom stereocenters. The number of nitrogens with two attached hydrogens (primary N) is 1. The summed E-state index contributed by atoms with van der Waals surface area (Å²) in [6.45, 7) is 6.42. The maximum atomic E-state index is 10.8. The minimum atomic E-state index is -0.616. The smallest absolute Gasteiger partial charge is 0.356 e. The van der Waals surface area contributed by atoms with Gasteiger partial charge in [0.2, 0.25) is 0 Å². The monoisotopic (exact) mass is 997 g/mol. The summed E-state index contributed by atoms with van der Waals surface area (Å²) >= 11 is 0. The van der Waals surface area contributed by atoms with E-state index in [1.54, 1.807) is 12.3 Å². The van der Waals surface area contributed by atoms with E-state index in [4.69, 9.17) is 5.73 Å². The molecule has 2 N–H and O–H groups in total. The summed E-state index contributed by atoms with van der Waals surface area (Å²) in [5.74, 6) is -0.616. The van der Waals surface area contributed by atoms with Gasteiger partial charge in [-0.25, -0.2) is 14.8 Å². The SMILES string of the molecule is C.C.C.C.C.C.C.C.C.C.C.C.C.C1CCCC1.COC(=O)c1ccc([N+](=O)[O-])cn1.Nc1ccc(CN2CCCC2)nc1.O=Cc1ccc([N+](=O)[O-])cn1.O=[N+]([O-])c1ccc(CN2CCCC2)nc1. The zero-order chi connectivity index (χ0) is 41.4. The number of aromatic nitrogens is 4. The highest BCUT2D eigenvalue weighted by molar-refractivity contribution is 5.87. The minimum absolute atomic E-state index is 0. The Kier molecular flexibility index (Phi) is 65.1. The second kappa shape index (κ2) is 50.5. The number of pyridine rings is 4. The van der Waals surface area contributed by atoms with Gasteiger partial charge < -0.3 is 10.5 Å². The molecular weight excluding hydrogens is 897 g/mol. The average Bonchev–Trinajstić information content (AvgIpc) is 4.07. The highest BCUT2D eigenvalue weighted by Crippen LogP contribution is 2.16. The zero-order valence-corrected chi connectivity index (χ0v) is 31.9. The molecule has 2 saturated heterocycles. The first kappa shape index (κ1) is 90.1. The van der Waals surface area contributed by atoms with E-state index in [1.165, 1.54) is 115 Å². The van der Waals surface area contributed by atoms with Crippen LogP contribution in [0.1, 0.15) is 187 Å². The first-order chi connectivity index (χ1) is 27.5. The van der Waals surface area contributed by atoms with Gasteiger partial charge in [-0.15, -0.1) is 0 Å². The summed E-state index contributed by atoms with van der Waals surface area (Å²) in [7, 11) is 1.21. The predicted octanol–water partition coefficient (Wildman–Crippen LogP) is 14.6. The predicted molar refractivity (Wildman–Crippen MR) is 298 cm³/mol. The topological polar surface area (TPSA) is 257 Å². The van der Waals surface area contributed by atoms with Crippen molar-refractivity contribution >= 4 is 35.0 Å². The molecule has 3 aliphatic rings. The molecule has 4 aromatic heterocycles. The average molecular weight is 997 g/mol. The van der Waals surface area contributed by atoms with E-state index in [-0.39, 0.29) is 125 Å². The molecule has 6 heterocycles. The van der Waals surface area contributed by atoms with Crippen LogP contribution in [0.15, 0.2) is 73.3 Å². The molecule has 19 nitrogen and oxygen atoms in total. The summed E-state index contributed by atoms with van der Waals surface area (Å²) in [5.41, 5.74) is 8.35. The van der Waals surface area contributed by atoms with E-state index in [0.29, 0.717) is 6.29 Å². The van der Waals surface area contributed by atoms with Crippen LogP contribution in [-0.4, -0.2) is 90.0 Å². The van der Waals surface area contributed by atoms with E-state index in [0.717, 1.165) is 55.6 Å². The highest BCUT2D eigenvalue weighted by atomic mass is 16.6. The summed E-state index contributed by atoms with van der Waals surface area (Å²) in [6, 6.07) is 12.1. The van der Waals surface area contributed by atoms with Crippen LogP contribution in [0.3, 0.4) is 0 Å². The van der Waals surface area contributed by atoms with E-state index >= 15 is 0 Å². The molecular formula is C51H100N10O9. The van der Waals surface area contributed by atoms with Crippen LogP contribution in [0, 0.1) is 30.3 Å². The number of carbonyl (C=O) groups excluding carboxylic acids is 2. The third kappa shape index (κ3) is 34.9. The summed E-state index contributed by atoms with van der Waals surface area (Å²) in [4.78, 5) is 70.2. The van der Waals surface area contributed by atoms with E-state index < -0.39 is 20.7 Å². The standard InChI is InChI=1S/C10H13N3O2.C10H15N3.C7H6N2O4.C6H4N2O3.C5H10.13CH4/c14-13(15)10-4-3-9(11-7-10)8-12-5-1-2-6-12;11-9-3-4-10(12-7-9)8-13-5-1-2-6-13;1-13-7(10)6-3-2-5(4-8-6)9(11)12;9-4-5-1-2-6(3-7-5)8(10)11;1-2-4-5-3-1;;;;;;;;;;;;;/h3-4,7H,1-2,5-6,8H2;3-4,7H,1-2,5-6,8,11H2;2-4H,1H3;1-4H;1-5H2;13*1H4. The molecule has 7 rings (SSSR count). The fourth-order valence-electron chi connectivity index (χ4n) is 5.67. The fourth-order valence-corrected chi connectivity index (χ4v) is 5.67. The molecule has 0 amide bonds. The van der Waals surface area contributed by atoms with Crippen LogP contribution >= 0.6 is 0 Å². The number of aldehydes is 1. The molecule has 1 saturated carbocycles. The zero-order valence-electron chi connectivity index (χ0n) is 31.9. The number of methoxy groups -OCH3 is 1. The first-order valence-corrected chi connectivity index (χ1v) is 18.5. The van der Waals surface area contributed by atoms with E-state index in [1.807, 2.05) is 12.1 Å². The largest absolute Gasteiger partial charge is 0.464 e. The Bertz CT molecular complexity index is 1830. The molecule has 0 spiro atoms. The van der Waals surface area contributed by atoms with Crippen molar-refractivity contribution in [3.8, 4) is 0 Å². The summed E-state index contributed by atoms with van der Waals surface area (Å²) < 4.78 is 4.37. The number of nitrogen functional groups attached to an aromatic ring is 1. The number of ether oxygens (including phenoxy) is 1. The van der Waals surface area contributed by atoms with Crippen LogP contribution < -0.4 is 5.73 Å². The van der Waals surface area contributed by atoms with Crippen molar-refractivity contribution in [3.05, 3.63) is 126 Å². The van der Waals surface area contributed by atoms with Crippen molar-refractivity contribution in [3.63, 3.8) is 0 Å². The van der Waals surface area contributed by atoms with Gasteiger partial charge in [-0.05, 0) is 82.2 Å². The maximum absolute atomic E-state index is 10.8. The van der Waals surface area contributed by atoms with Crippen molar-refractivity contribution in [1.82, 2.24) is 29.7 Å². The van der Waals surface area contributed by atoms with Gasteiger partial charge >= 0.3 is 5.97 Å². The van der Waals surface area contributed by atoms with E-state index in [9.17, 15) is 39.9 Å². The number of likely N-dealkylation sites (tertiary alicyclic amines) is 2. The highest BCUT2D eigenvalue weighted by Gasteiger charge is 2.14. The lowest BCUT2D eigenvalue weighted by atomic mass is 10.3. The number of esters is 1. The van der Waals surface area contributed by atoms with Gasteiger partial charge in [-0.3, -0.25) is 54.9 Å². The molecule has 408 valence electrons. The Hall–Kier alpha value is -6.34. The van der Waals surface area contributed by atoms with Crippen LogP contribution in [0.4, 0.5) is 22.7 Å².